The molecule has 1 aromatic heterocycles. The normalized spacial score (nSPS) is 23.3. The van der Waals surface area contributed by atoms with Crippen LogP contribution in [0.15, 0.2) is 18.2 Å². The van der Waals surface area contributed by atoms with Crippen LogP contribution in [-0.2, 0) is 6.42 Å². The van der Waals surface area contributed by atoms with Gasteiger partial charge in [0.05, 0.1) is 0 Å². The van der Waals surface area contributed by atoms with Crippen molar-refractivity contribution in [2.45, 2.75) is 51.1 Å². The molecule has 0 spiro atoms. The van der Waals surface area contributed by atoms with E-state index in [9.17, 15) is 4.39 Å². The monoisotopic (exact) mass is 315 g/mol. The third-order valence-corrected chi connectivity index (χ3v) is 5.64. The number of nitrogens with one attached hydrogen (secondary N) is 2. The molecule has 124 valence electrons. The summed E-state index contributed by atoms with van der Waals surface area (Å²) in [4.78, 5) is 6.09. The van der Waals surface area contributed by atoms with Gasteiger partial charge in [-0.2, -0.15) is 0 Å². The van der Waals surface area contributed by atoms with Crippen molar-refractivity contribution in [3.05, 3.63) is 35.3 Å². The van der Waals surface area contributed by atoms with Gasteiger partial charge in [-0.05, 0) is 75.5 Å². The predicted molar refractivity (Wildman–Crippen MR) is 92.2 cm³/mol. The Kier molecular flexibility index (Phi) is 4.12. The fraction of sp³-hybridized carbons (Fsp3) is 0.579. The van der Waals surface area contributed by atoms with Crippen molar-refractivity contribution in [2.75, 3.05) is 19.6 Å². The summed E-state index contributed by atoms with van der Waals surface area (Å²) in [5.74, 6) is -0.138. The van der Waals surface area contributed by atoms with E-state index >= 15 is 0 Å². The highest BCUT2D eigenvalue weighted by molar-refractivity contribution is 5.85. The zero-order chi connectivity index (χ0) is 15.8. The lowest BCUT2D eigenvalue weighted by atomic mass is 9.90. The SMILES string of the molecule is CCN1CCC(NC2CCCc3c2[nH]c2ccc(F)cc32)CC1. The molecule has 4 heteroatoms. The second-order valence-corrected chi connectivity index (χ2v) is 7.03. The van der Waals surface area contributed by atoms with Gasteiger partial charge < -0.3 is 15.2 Å². The Labute approximate surface area is 137 Å². The highest BCUT2D eigenvalue weighted by Gasteiger charge is 2.27. The summed E-state index contributed by atoms with van der Waals surface area (Å²) >= 11 is 0. The van der Waals surface area contributed by atoms with Gasteiger partial charge in [-0.15, -0.1) is 0 Å². The predicted octanol–water partition coefficient (Wildman–Crippen LogP) is 3.76. The van der Waals surface area contributed by atoms with Crippen molar-refractivity contribution in [1.82, 2.24) is 15.2 Å². The summed E-state index contributed by atoms with van der Waals surface area (Å²) in [6.45, 7) is 5.80. The molecule has 1 aliphatic heterocycles. The lowest BCUT2D eigenvalue weighted by Crippen LogP contribution is -2.44. The molecule has 1 aliphatic carbocycles. The van der Waals surface area contributed by atoms with E-state index in [2.05, 4.69) is 22.1 Å². The van der Waals surface area contributed by atoms with E-state index in [1.807, 2.05) is 6.07 Å². The summed E-state index contributed by atoms with van der Waals surface area (Å²) in [6.07, 6.45) is 5.88. The van der Waals surface area contributed by atoms with Gasteiger partial charge >= 0.3 is 0 Å². The van der Waals surface area contributed by atoms with Crippen LogP contribution in [0.25, 0.3) is 10.9 Å². The van der Waals surface area contributed by atoms with Crippen LogP contribution in [0.2, 0.25) is 0 Å². The van der Waals surface area contributed by atoms with Gasteiger partial charge in [0.25, 0.3) is 0 Å². The number of hydrogen-bond acceptors (Lipinski definition) is 2. The van der Waals surface area contributed by atoms with E-state index in [0.717, 1.165) is 23.9 Å². The Morgan fingerprint density at radius 1 is 1.26 bits per heavy atom. The van der Waals surface area contributed by atoms with Gasteiger partial charge in [-0.3, -0.25) is 0 Å². The first kappa shape index (κ1) is 15.2. The molecule has 2 aliphatic rings. The molecule has 0 amide bonds. The van der Waals surface area contributed by atoms with Gasteiger partial charge in [0.1, 0.15) is 5.82 Å². The summed E-state index contributed by atoms with van der Waals surface area (Å²) in [5.41, 5.74) is 3.70. The fourth-order valence-corrected chi connectivity index (χ4v) is 4.30. The van der Waals surface area contributed by atoms with E-state index in [1.165, 1.54) is 50.0 Å². The first-order valence-electron chi connectivity index (χ1n) is 9.03. The minimum atomic E-state index is -0.138. The van der Waals surface area contributed by atoms with Crippen molar-refractivity contribution >= 4 is 10.9 Å². The fourth-order valence-electron chi connectivity index (χ4n) is 4.30. The number of hydrogen-bond donors (Lipinski definition) is 2. The number of benzene rings is 1. The van der Waals surface area contributed by atoms with Crippen molar-refractivity contribution < 1.29 is 4.39 Å². The Bertz CT molecular complexity index is 685. The maximum absolute atomic E-state index is 13.6. The molecule has 0 saturated carbocycles. The Hall–Kier alpha value is -1.39. The van der Waals surface area contributed by atoms with E-state index in [1.54, 1.807) is 12.1 Å². The molecule has 1 saturated heterocycles. The maximum atomic E-state index is 13.6. The van der Waals surface area contributed by atoms with Gasteiger partial charge in [-0.1, -0.05) is 6.92 Å². The molecule has 4 rings (SSSR count). The Morgan fingerprint density at radius 3 is 2.87 bits per heavy atom. The zero-order valence-electron chi connectivity index (χ0n) is 13.9. The number of likely N-dealkylation sites (tertiary alicyclic amines) is 1. The molecular weight excluding hydrogens is 289 g/mol. The summed E-state index contributed by atoms with van der Waals surface area (Å²) in [7, 11) is 0. The molecule has 1 fully saturated rings. The molecule has 1 unspecified atom stereocenters. The minimum absolute atomic E-state index is 0.138. The molecule has 0 bridgehead atoms. The average molecular weight is 315 g/mol. The summed E-state index contributed by atoms with van der Waals surface area (Å²) in [5, 5.41) is 4.96. The molecule has 23 heavy (non-hydrogen) atoms. The lowest BCUT2D eigenvalue weighted by molar-refractivity contribution is 0.195. The molecule has 1 aromatic carbocycles. The Morgan fingerprint density at radius 2 is 2.09 bits per heavy atom. The van der Waals surface area contributed by atoms with Crippen LogP contribution in [0.3, 0.4) is 0 Å². The highest BCUT2D eigenvalue weighted by Crippen LogP contribution is 2.35. The summed E-state index contributed by atoms with van der Waals surface area (Å²) < 4.78 is 13.6. The van der Waals surface area contributed by atoms with Crippen LogP contribution >= 0.6 is 0 Å². The maximum Gasteiger partial charge on any atom is 0.123 e. The van der Waals surface area contributed by atoms with Gasteiger partial charge in [0, 0.05) is 28.7 Å². The van der Waals surface area contributed by atoms with Crippen molar-refractivity contribution in [2.24, 2.45) is 0 Å². The number of halogens is 1. The van der Waals surface area contributed by atoms with E-state index in [0.29, 0.717) is 12.1 Å². The van der Waals surface area contributed by atoms with Crippen LogP contribution < -0.4 is 5.32 Å². The quantitative estimate of drug-likeness (QED) is 0.903. The van der Waals surface area contributed by atoms with Crippen molar-refractivity contribution in [3.63, 3.8) is 0 Å². The van der Waals surface area contributed by atoms with Crippen LogP contribution in [-0.4, -0.2) is 35.6 Å². The van der Waals surface area contributed by atoms with Crippen LogP contribution in [0.5, 0.6) is 0 Å². The lowest BCUT2D eigenvalue weighted by Gasteiger charge is -2.35. The standard InChI is InChI=1S/C19H26FN3/c1-2-23-10-8-14(9-11-23)21-18-5-3-4-15-16-12-13(20)6-7-17(16)22-19(15)18/h6-7,12,14,18,21-22H,2-5,8-11H2,1H3. The number of H-pyrrole nitrogens is 1. The zero-order valence-corrected chi connectivity index (χ0v) is 13.9. The largest absolute Gasteiger partial charge is 0.357 e. The smallest absolute Gasteiger partial charge is 0.123 e. The van der Waals surface area contributed by atoms with E-state index < -0.39 is 0 Å². The number of aryl methyl sites for hydroxylation is 1. The van der Waals surface area contributed by atoms with E-state index in [4.69, 9.17) is 0 Å². The van der Waals surface area contributed by atoms with Crippen LogP contribution in [0.4, 0.5) is 4.39 Å². The Balaban J connectivity index is 1.55. The van der Waals surface area contributed by atoms with Crippen LogP contribution in [0, 0.1) is 5.82 Å². The topological polar surface area (TPSA) is 31.1 Å². The van der Waals surface area contributed by atoms with Gasteiger partial charge in [0.15, 0.2) is 0 Å². The number of piperidine rings is 1. The minimum Gasteiger partial charge on any atom is -0.357 e. The van der Waals surface area contributed by atoms with Crippen LogP contribution in [0.1, 0.15) is 49.9 Å². The molecule has 3 nitrogen and oxygen atoms in total. The van der Waals surface area contributed by atoms with Gasteiger partial charge in [0.2, 0.25) is 0 Å². The first-order chi connectivity index (χ1) is 11.2. The first-order valence-corrected chi connectivity index (χ1v) is 9.03. The van der Waals surface area contributed by atoms with Crippen molar-refractivity contribution in [3.8, 4) is 0 Å². The second kappa shape index (κ2) is 6.25. The highest BCUT2D eigenvalue weighted by atomic mass is 19.1. The molecular formula is C19H26FN3. The second-order valence-electron chi connectivity index (χ2n) is 7.03. The van der Waals surface area contributed by atoms with E-state index in [-0.39, 0.29) is 5.82 Å². The summed E-state index contributed by atoms with van der Waals surface area (Å²) in [6, 6.07) is 6.11. The molecule has 2 heterocycles. The number of fused-ring (bicyclic) bond motifs is 3. The molecule has 1 atom stereocenters. The third-order valence-electron chi connectivity index (χ3n) is 5.64. The molecule has 0 radical (unpaired) electrons. The third kappa shape index (κ3) is 2.90. The number of nitrogens with zero attached hydrogens (tertiary/aromatic N) is 1. The number of aromatic amines is 1. The number of aromatic nitrogens is 1. The van der Waals surface area contributed by atoms with Crippen molar-refractivity contribution in [1.29, 1.82) is 0 Å². The average Bonchev–Trinajstić information content (AvgIpc) is 2.95. The molecule has 2 N–H and O–H groups in total. The number of rotatable bonds is 3. The molecule has 2 aromatic rings. The van der Waals surface area contributed by atoms with Gasteiger partial charge in [-0.25, -0.2) is 4.39 Å².